The first-order chi connectivity index (χ1) is 6.62. The summed E-state index contributed by atoms with van der Waals surface area (Å²) < 4.78 is 0. The Morgan fingerprint density at radius 3 is 2.64 bits per heavy atom. The van der Waals surface area contributed by atoms with Crippen molar-refractivity contribution in [1.29, 1.82) is 0 Å². The monoisotopic (exact) mass is 210 g/mol. The number of aromatic nitrogens is 1. The van der Waals surface area contributed by atoms with Crippen LogP contribution in [0.2, 0.25) is 0 Å². The molecular formula is C11H18N2S. The van der Waals surface area contributed by atoms with Gasteiger partial charge in [-0.1, -0.05) is 20.3 Å². The van der Waals surface area contributed by atoms with E-state index in [2.05, 4.69) is 36.6 Å². The van der Waals surface area contributed by atoms with Gasteiger partial charge >= 0.3 is 0 Å². The Balaban J connectivity index is 2.44. The molecule has 0 spiro atoms. The summed E-state index contributed by atoms with van der Waals surface area (Å²) in [4.78, 5) is 4.49. The van der Waals surface area contributed by atoms with Crippen molar-refractivity contribution in [1.82, 2.24) is 10.3 Å². The molecule has 0 aromatic carbocycles. The molecular weight excluding hydrogens is 192 g/mol. The van der Waals surface area contributed by atoms with Crippen LogP contribution >= 0.6 is 11.3 Å². The van der Waals surface area contributed by atoms with Gasteiger partial charge in [0.05, 0.1) is 5.54 Å². The average molecular weight is 210 g/mol. The zero-order valence-corrected chi connectivity index (χ0v) is 9.95. The first kappa shape index (κ1) is 10.1. The van der Waals surface area contributed by atoms with Crippen LogP contribution in [-0.2, 0) is 5.54 Å². The number of rotatable bonds is 2. The van der Waals surface area contributed by atoms with Gasteiger partial charge in [0.2, 0.25) is 0 Å². The van der Waals surface area contributed by atoms with E-state index in [1.807, 2.05) is 6.20 Å². The quantitative estimate of drug-likeness (QED) is 0.812. The summed E-state index contributed by atoms with van der Waals surface area (Å²) >= 11 is 1.77. The maximum absolute atomic E-state index is 4.49. The highest BCUT2D eigenvalue weighted by molar-refractivity contribution is 7.09. The number of thiazole rings is 1. The fraction of sp³-hybridized carbons (Fsp3) is 0.727. The Bertz CT molecular complexity index is 305. The third kappa shape index (κ3) is 1.22. The Morgan fingerprint density at radius 1 is 1.43 bits per heavy atom. The van der Waals surface area contributed by atoms with E-state index in [0.29, 0.717) is 5.41 Å². The molecule has 1 atom stereocenters. The highest BCUT2D eigenvalue weighted by atomic mass is 32.1. The first-order valence-corrected chi connectivity index (χ1v) is 6.09. The fourth-order valence-electron chi connectivity index (χ4n) is 2.75. The lowest BCUT2D eigenvalue weighted by atomic mass is 9.75. The second kappa shape index (κ2) is 3.31. The summed E-state index contributed by atoms with van der Waals surface area (Å²) in [7, 11) is 2.06. The minimum Gasteiger partial charge on any atom is -0.308 e. The fourth-order valence-corrected chi connectivity index (χ4v) is 3.80. The van der Waals surface area contributed by atoms with E-state index in [4.69, 9.17) is 0 Å². The molecule has 0 bridgehead atoms. The molecule has 0 saturated heterocycles. The van der Waals surface area contributed by atoms with Gasteiger partial charge in [0.1, 0.15) is 5.01 Å². The van der Waals surface area contributed by atoms with E-state index in [1.165, 1.54) is 24.3 Å². The smallest absolute Gasteiger partial charge is 0.113 e. The second-order valence-electron chi connectivity index (χ2n) is 4.73. The molecule has 0 radical (unpaired) electrons. The predicted octanol–water partition coefficient (Wildman–Crippen LogP) is 2.77. The number of nitrogens with zero attached hydrogens (tertiary/aromatic N) is 1. The van der Waals surface area contributed by atoms with Crippen molar-refractivity contribution in [2.75, 3.05) is 7.05 Å². The third-order valence-electron chi connectivity index (χ3n) is 3.73. The van der Waals surface area contributed by atoms with Gasteiger partial charge < -0.3 is 5.32 Å². The van der Waals surface area contributed by atoms with Crippen molar-refractivity contribution in [2.45, 2.75) is 38.6 Å². The molecule has 3 heteroatoms. The molecule has 2 rings (SSSR count). The topological polar surface area (TPSA) is 24.9 Å². The van der Waals surface area contributed by atoms with E-state index < -0.39 is 0 Å². The molecule has 1 unspecified atom stereocenters. The highest BCUT2D eigenvalue weighted by Gasteiger charge is 2.50. The largest absolute Gasteiger partial charge is 0.308 e. The molecule has 1 heterocycles. The zero-order chi connectivity index (χ0) is 10.2. The van der Waals surface area contributed by atoms with E-state index in [0.717, 1.165) is 0 Å². The summed E-state index contributed by atoms with van der Waals surface area (Å²) in [6.45, 7) is 4.69. The number of hydrogen-bond donors (Lipinski definition) is 1. The number of hydrogen-bond acceptors (Lipinski definition) is 3. The molecule has 1 aliphatic carbocycles. The molecule has 1 aromatic heterocycles. The maximum atomic E-state index is 4.49. The van der Waals surface area contributed by atoms with Crippen molar-refractivity contribution in [2.24, 2.45) is 5.41 Å². The first-order valence-electron chi connectivity index (χ1n) is 5.21. The Hall–Kier alpha value is -0.410. The molecule has 0 amide bonds. The molecule has 1 fully saturated rings. The van der Waals surface area contributed by atoms with Crippen molar-refractivity contribution >= 4 is 11.3 Å². The van der Waals surface area contributed by atoms with Crippen LogP contribution in [0.1, 0.15) is 38.1 Å². The molecule has 14 heavy (non-hydrogen) atoms. The maximum Gasteiger partial charge on any atom is 0.113 e. The van der Waals surface area contributed by atoms with Gasteiger partial charge in [0, 0.05) is 11.6 Å². The van der Waals surface area contributed by atoms with Gasteiger partial charge in [0.25, 0.3) is 0 Å². The highest BCUT2D eigenvalue weighted by Crippen LogP contribution is 2.52. The molecule has 1 N–H and O–H groups in total. The van der Waals surface area contributed by atoms with Crippen molar-refractivity contribution in [3.8, 4) is 0 Å². The van der Waals surface area contributed by atoms with Crippen LogP contribution in [0.15, 0.2) is 11.6 Å². The lowest BCUT2D eigenvalue weighted by Gasteiger charge is -2.39. The van der Waals surface area contributed by atoms with Crippen LogP contribution in [0.3, 0.4) is 0 Å². The van der Waals surface area contributed by atoms with Crippen molar-refractivity contribution < 1.29 is 0 Å². The van der Waals surface area contributed by atoms with E-state index in [-0.39, 0.29) is 5.54 Å². The summed E-state index contributed by atoms with van der Waals surface area (Å²) in [5.74, 6) is 0. The van der Waals surface area contributed by atoms with E-state index in [1.54, 1.807) is 11.3 Å². The molecule has 1 aromatic rings. The van der Waals surface area contributed by atoms with Crippen molar-refractivity contribution in [3.63, 3.8) is 0 Å². The standard InChI is InChI=1S/C11H18N2S/c1-10(2)5-4-6-11(10,12-3)9-13-7-8-14-9/h7-8,12H,4-6H2,1-3H3. The van der Waals surface area contributed by atoms with Crippen molar-refractivity contribution in [3.05, 3.63) is 16.6 Å². The zero-order valence-electron chi connectivity index (χ0n) is 9.13. The average Bonchev–Trinajstić information content (AvgIpc) is 2.72. The summed E-state index contributed by atoms with van der Waals surface area (Å²) in [5.41, 5.74) is 0.431. The molecule has 78 valence electrons. The van der Waals surface area contributed by atoms with Crippen LogP contribution in [0.25, 0.3) is 0 Å². The molecule has 2 nitrogen and oxygen atoms in total. The SMILES string of the molecule is CNC1(c2nccs2)CCCC1(C)C. The van der Waals surface area contributed by atoms with Crippen LogP contribution in [0.5, 0.6) is 0 Å². The van der Waals surface area contributed by atoms with Crippen LogP contribution < -0.4 is 5.32 Å². The van der Waals surface area contributed by atoms with Gasteiger partial charge in [-0.3, -0.25) is 0 Å². The van der Waals surface area contributed by atoms with E-state index >= 15 is 0 Å². The van der Waals surface area contributed by atoms with E-state index in [9.17, 15) is 0 Å². The van der Waals surface area contributed by atoms with Crippen LogP contribution in [0.4, 0.5) is 0 Å². The predicted molar refractivity (Wildman–Crippen MR) is 60.5 cm³/mol. The summed E-state index contributed by atoms with van der Waals surface area (Å²) in [6, 6.07) is 0. The van der Waals surface area contributed by atoms with Gasteiger partial charge in [-0.05, 0) is 25.3 Å². The Kier molecular flexibility index (Phi) is 2.40. The van der Waals surface area contributed by atoms with Crippen LogP contribution in [0, 0.1) is 5.41 Å². The van der Waals surface area contributed by atoms with Gasteiger partial charge in [-0.2, -0.15) is 0 Å². The van der Waals surface area contributed by atoms with Gasteiger partial charge in [0.15, 0.2) is 0 Å². The molecule has 0 aliphatic heterocycles. The lowest BCUT2D eigenvalue weighted by molar-refractivity contribution is 0.167. The second-order valence-corrected chi connectivity index (χ2v) is 5.62. The summed E-state index contributed by atoms with van der Waals surface area (Å²) in [5, 5.41) is 6.84. The summed E-state index contributed by atoms with van der Waals surface area (Å²) in [6.07, 6.45) is 5.71. The third-order valence-corrected chi connectivity index (χ3v) is 4.67. The molecule has 1 saturated carbocycles. The van der Waals surface area contributed by atoms with Gasteiger partial charge in [-0.25, -0.2) is 4.98 Å². The normalized spacial score (nSPS) is 30.8. The minimum atomic E-state index is 0.112. The molecule has 1 aliphatic rings. The Labute approximate surface area is 89.8 Å². The minimum absolute atomic E-state index is 0.112. The Morgan fingerprint density at radius 2 is 2.21 bits per heavy atom. The van der Waals surface area contributed by atoms with Gasteiger partial charge in [-0.15, -0.1) is 11.3 Å². The number of nitrogens with one attached hydrogen (secondary N) is 1. The lowest BCUT2D eigenvalue weighted by Crippen LogP contribution is -2.48. The van der Waals surface area contributed by atoms with Crippen LogP contribution in [-0.4, -0.2) is 12.0 Å².